The van der Waals surface area contributed by atoms with E-state index in [0.29, 0.717) is 12.0 Å². The second-order valence-corrected chi connectivity index (χ2v) is 5.46. The maximum Gasteiger partial charge on any atom is 0.223 e. The number of phenolic OH excluding ortho intramolecular Hbond substituents is 1. The minimum Gasteiger partial charge on any atom is -0.508 e. The van der Waals surface area contributed by atoms with E-state index >= 15 is 0 Å². The molecule has 1 amide bonds. The van der Waals surface area contributed by atoms with Crippen molar-refractivity contribution >= 4 is 23.0 Å². The third kappa shape index (κ3) is 2.27. The number of aromatic hydroxyl groups is 1. The molecule has 0 radical (unpaired) electrons. The van der Waals surface area contributed by atoms with Crippen LogP contribution in [0.3, 0.4) is 0 Å². The third-order valence-electron chi connectivity index (χ3n) is 4.19. The Morgan fingerprint density at radius 2 is 2.10 bits per heavy atom. The molecule has 1 heterocycles. The molecule has 2 aromatic carbocycles. The van der Waals surface area contributed by atoms with E-state index < -0.39 is 0 Å². The zero-order valence-electron chi connectivity index (χ0n) is 11.9. The maximum absolute atomic E-state index is 11.9. The third-order valence-corrected chi connectivity index (χ3v) is 4.19. The van der Waals surface area contributed by atoms with Crippen molar-refractivity contribution in [3.05, 3.63) is 41.5 Å². The van der Waals surface area contributed by atoms with Crippen LogP contribution in [0.4, 0.5) is 0 Å². The number of phenols is 1. The predicted molar refractivity (Wildman–Crippen MR) is 80.4 cm³/mol. The second-order valence-electron chi connectivity index (χ2n) is 5.46. The highest BCUT2D eigenvalue weighted by Gasteiger charge is 2.28. The molecule has 2 aromatic rings. The van der Waals surface area contributed by atoms with Crippen LogP contribution in [0.1, 0.15) is 41.7 Å². The summed E-state index contributed by atoms with van der Waals surface area (Å²) in [6.07, 6.45) is 2.24. The zero-order valence-corrected chi connectivity index (χ0v) is 11.9. The molecule has 0 bridgehead atoms. The van der Waals surface area contributed by atoms with Gasteiger partial charge >= 0.3 is 0 Å². The number of fused-ring (bicyclic) bond motifs is 1. The number of benzene rings is 2. The highest BCUT2D eigenvalue weighted by molar-refractivity contribution is 5.93. The number of aldehydes is 1. The molecule has 3 rings (SSSR count). The molecule has 21 heavy (non-hydrogen) atoms. The lowest BCUT2D eigenvalue weighted by Gasteiger charge is -2.26. The molecule has 1 atom stereocenters. The van der Waals surface area contributed by atoms with Gasteiger partial charge in [-0.15, -0.1) is 0 Å². The fraction of sp³-hybridized carbons (Fsp3) is 0.294. The number of carbonyl (C=O) groups excluding carboxylic acids is 2. The molecule has 0 spiro atoms. The molecule has 4 nitrogen and oxygen atoms in total. The fourth-order valence-corrected chi connectivity index (χ4v) is 3.11. The van der Waals surface area contributed by atoms with Crippen LogP contribution in [-0.4, -0.2) is 28.7 Å². The first kappa shape index (κ1) is 13.6. The Labute approximate surface area is 123 Å². The highest BCUT2D eigenvalue weighted by atomic mass is 16.3. The molecule has 1 aliphatic heterocycles. The first-order valence-corrected chi connectivity index (χ1v) is 7.12. The van der Waals surface area contributed by atoms with E-state index in [-0.39, 0.29) is 17.7 Å². The number of hydrogen-bond donors (Lipinski definition) is 1. The van der Waals surface area contributed by atoms with E-state index in [9.17, 15) is 14.7 Å². The molecular formula is C17H17NO3. The van der Waals surface area contributed by atoms with Crippen LogP contribution in [0.25, 0.3) is 10.8 Å². The Balaban J connectivity index is 2.14. The van der Waals surface area contributed by atoms with Gasteiger partial charge in [0.25, 0.3) is 0 Å². The van der Waals surface area contributed by atoms with Crippen LogP contribution in [-0.2, 0) is 4.79 Å². The van der Waals surface area contributed by atoms with Crippen molar-refractivity contribution in [1.82, 2.24) is 4.90 Å². The van der Waals surface area contributed by atoms with Crippen LogP contribution in [0.5, 0.6) is 5.75 Å². The van der Waals surface area contributed by atoms with Crippen molar-refractivity contribution < 1.29 is 14.7 Å². The SMILES string of the molecule is CC(c1c(O)ccc2cc(C=O)ccc12)N1CCCC1=O. The smallest absolute Gasteiger partial charge is 0.223 e. The van der Waals surface area contributed by atoms with Gasteiger partial charge in [-0.1, -0.05) is 18.2 Å². The Morgan fingerprint density at radius 1 is 1.29 bits per heavy atom. The average molecular weight is 283 g/mol. The van der Waals surface area contributed by atoms with Gasteiger partial charge in [0.2, 0.25) is 5.91 Å². The molecule has 1 fully saturated rings. The molecule has 0 saturated carbocycles. The first-order chi connectivity index (χ1) is 10.1. The lowest BCUT2D eigenvalue weighted by atomic mass is 9.96. The molecule has 0 aromatic heterocycles. The molecule has 1 N–H and O–H groups in total. The number of hydrogen-bond acceptors (Lipinski definition) is 3. The lowest BCUT2D eigenvalue weighted by Crippen LogP contribution is -2.28. The van der Waals surface area contributed by atoms with Crippen molar-refractivity contribution in [2.24, 2.45) is 0 Å². The van der Waals surface area contributed by atoms with Crippen molar-refractivity contribution in [3.63, 3.8) is 0 Å². The molecule has 108 valence electrons. The summed E-state index contributed by atoms with van der Waals surface area (Å²) in [7, 11) is 0. The van der Waals surface area contributed by atoms with Crippen molar-refractivity contribution in [2.75, 3.05) is 6.54 Å². The van der Waals surface area contributed by atoms with Crippen LogP contribution < -0.4 is 0 Å². The van der Waals surface area contributed by atoms with Gasteiger partial charge in [-0.25, -0.2) is 0 Å². The summed E-state index contributed by atoms with van der Waals surface area (Å²) < 4.78 is 0. The number of nitrogens with zero attached hydrogens (tertiary/aromatic N) is 1. The van der Waals surface area contributed by atoms with Gasteiger partial charge in [0.05, 0.1) is 6.04 Å². The maximum atomic E-state index is 11.9. The van der Waals surface area contributed by atoms with Gasteiger partial charge in [-0.3, -0.25) is 9.59 Å². The monoisotopic (exact) mass is 283 g/mol. The second kappa shape index (κ2) is 5.20. The standard InChI is InChI=1S/C17H17NO3/c1-11(18-8-2-3-16(18)21)17-14-6-4-12(10-19)9-13(14)5-7-15(17)20/h4-7,9-11,20H,2-3,8H2,1H3. The number of rotatable bonds is 3. The van der Waals surface area contributed by atoms with Gasteiger partial charge in [0.15, 0.2) is 0 Å². The summed E-state index contributed by atoms with van der Waals surface area (Å²) in [4.78, 5) is 24.6. The number of carbonyl (C=O) groups is 2. The summed E-state index contributed by atoms with van der Waals surface area (Å²) in [5, 5.41) is 12.0. The summed E-state index contributed by atoms with van der Waals surface area (Å²) >= 11 is 0. The molecule has 0 aliphatic carbocycles. The van der Waals surface area contributed by atoms with Crippen molar-refractivity contribution in [3.8, 4) is 5.75 Å². The van der Waals surface area contributed by atoms with Crippen LogP contribution in [0.15, 0.2) is 30.3 Å². The Kier molecular flexibility index (Phi) is 3.37. The van der Waals surface area contributed by atoms with E-state index in [1.807, 2.05) is 17.9 Å². The van der Waals surface area contributed by atoms with E-state index in [4.69, 9.17) is 0 Å². The highest BCUT2D eigenvalue weighted by Crippen LogP contribution is 2.37. The molecule has 1 aliphatic rings. The van der Waals surface area contributed by atoms with E-state index in [1.165, 1.54) is 0 Å². The topological polar surface area (TPSA) is 57.6 Å². The van der Waals surface area contributed by atoms with Gasteiger partial charge in [0.1, 0.15) is 12.0 Å². The van der Waals surface area contributed by atoms with Crippen molar-refractivity contribution in [1.29, 1.82) is 0 Å². The summed E-state index contributed by atoms with van der Waals surface area (Å²) in [5.41, 5.74) is 1.35. The van der Waals surface area contributed by atoms with Gasteiger partial charge < -0.3 is 10.0 Å². The van der Waals surface area contributed by atoms with E-state index in [2.05, 4.69) is 0 Å². The Hall–Kier alpha value is -2.36. The summed E-state index contributed by atoms with van der Waals surface area (Å²) in [5.74, 6) is 0.317. The van der Waals surface area contributed by atoms with Crippen LogP contribution in [0, 0.1) is 0 Å². The van der Waals surface area contributed by atoms with E-state index in [1.54, 1.807) is 24.3 Å². The first-order valence-electron chi connectivity index (χ1n) is 7.12. The van der Waals surface area contributed by atoms with Gasteiger partial charge in [0, 0.05) is 24.1 Å². The summed E-state index contributed by atoms with van der Waals surface area (Å²) in [6.45, 7) is 2.66. The Morgan fingerprint density at radius 3 is 2.76 bits per heavy atom. The molecule has 1 saturated heterocycles. The van der Waals surface area contributed by atoms with Crippen molar-refractivity contribution in [2.45, 2.75) is 25.8 Å². The largest absolute Gasteiger partial charge is 0.508 e. The van der Waals surface area contributed by atoms with E-state index in [0.717, 1.165) is 35.6 Å². The van der Waals surface area contributed by atoms with Crippen LogP contribution >= 0.6 is 0 Å². The van der Waals surface area contributed by atoms with Gasteiger partial charge in [-0.2, -0.15) is 0 Å². The minimum absolute atomic E-state index is 0.128. The van der Waals surface area contributed by atoms with Crippen LogP contribution in [0.2, 0.25) is 0 Å². The number of likely N-dealkylation sites (tertiary alicyclic amines) is 1. The lowest BCUT2D eigenvalue weighted by molar-refractivity contribution is -0.129. The average Bonchev–Trinajstić information content (AvgIpc) is 2.92. The minimum atomic E-state index is -0.175. The molecule has 4 heteroatoms. The normalized spacial score (nSPS) is 16.4. The summed E-state index contributed by atoms with van der Waals surface area (Å²) in [6, 6.07) is 8.61. The molecular weight excluding hydrogens is 266 g/mol. The van der Waals surface area contributed by atoms with Gasteiger partial charge in [-0.05, 0) is 36.2 Å². The predicted octanol–water partition coefficient (Wildman–Crippen LogP) is 3.04. The molecule has 1 unspecified atom stereocenters. The quantitative estimate of drug-likeness (QED) is 0.881. The zero-order chi connectivity index (χ0) is 15.0. The fourth-order valence-electron chi connectivity index (χ4n) is 3.11. The Bertz CT molecular complexity index is 723. The number of amides is 1.